The maximum atomic E-state index is 13.1. The van der Waals surface area contributed by atoms with Crippen molar-refractivity contribution in [3.63, 3.8) is 0 Å². The number of benzene rings is 2. The van der Waals surface area contributed by atoms with E-state index in [0.29, 0.717) is 25.5 Å². The van der Waals surface area contributed by atoms with E-state index >= 15 is 0 Å². The second-order valence-corrected chi connectivity index (χ2v) is 7.35. The highest BCUT2D eigenvalue weighted by atomic mass is 19.1. The fourth-order valence-electron chi connectivity index (χ4n) is 4.05. The third-order valence-corrected chi connectivity index (χ3v) is 5.63. The molecule has 0 aromatic heterocycles. The third kappa shape index (κ3) is 3.29. The molecule has 0 saturated carbocycles. The van der Waals surface area contributed by atoms with Gasteiger partial charge in [0, 0.05) is 19.1 Å². The van der Waals surface area contributed by atoms with Crippen LogP contribution in [0.4, 0.5) is 4.39 Å². The Hall–Kier alpha value is -1.91. The van der Waals surface area contributed by atoms with Gasteiger partial charge >= 0.3 is 0 Å². The van der Waals surface area contributed by atoms with Crippen molar-refractivity contribution < 1.29 is 14.2 Å². The molecule has 1 atom stereocenters. The minimum atomic E-state index is -0.853. The zero-order valence-corrected chi connectivity index (χ0v) is 14.5. The summed E-state index contributed by atoms with van der Waals surface area (Å²) in [5.74, 6) is 0.736. The average Bonchev–Trinajstić information content (AvgIpc) is 2.62. The molecule has 0 spiro atoms. The summed E-state index contributed by atoms with van der Waals surface area (Å²) in [4.78, 5) is 2.42. The molecule has 0 bridgehead atoms. The molecule has 1 fully saturated rings. The number of aryl methyl sites for hydroxylation is 1. The van der Waals surface area contributed by atoms with Crippen molar-refractivity contribution in [2.75, 3.05) is 19.7 Å². The van der Waals surface area contributed by atoms with Crippen LogP contribution in [0.5, 0.6) is 5.75 Å². The van der Waals surface area contributed by atoms with Crippen LogP contribution in [0.3, 0.4) is 0 Å². The topological polar surface area (TPSA) is 32.7 Å². The average molecular weight is 341 g/mol. The highest BCUT2D eigenvalue weighted by molar-refractivity contribution is 5.39. The van der Waals surface area contributed by atoms with Crippen molar-refractivity contribution in [3.8, 4) is 5.75 Å². The van der Waals surface area contributed by atoms with Gasteiger partial charge in [0.25, 0.3) is 0 Å². The molecule has 3 nitrogen and oxygen atoms in total. The van der Waals surface area contributed by atoms with Crippen molar-refractivity contribution in [3.05, 3.63) is 65.0 Å². The molecule has 1 saturated heterocycles. The van der Waals surface area contributed by atoms with Crippen molar-refractivity contribution >= 4 is 0 Å². The first-order valence-corrected chi connectivity index (χ1v) is 8.98. The molecule has 0 aliphatic carbocycles. The number of hydrogen-bond acceptors (Lipinski definition) is 3. The predicted octanol–water partition coefficient (Wildman–Crippen LogP) is 3.42. The van der Waals surface area contributed by atoms with E-state index in [1.54, 1.807) is 12.1 Å². The molecule has 0 amide bonds. The fourth-order valence-corrected chi connectivity index (χ4v) is 4.05. The normalized spacial score (nSPS) is 22.9. The number of ether oxygens (including phenoxy) is 1. The van der Waals surface area contributed by atoms with E-state index in [-0.39, 0.29) is 5.82 Å². The van der Waals surface area contributed by atoms with Crippen LogP contribution in [0.1, 0.15) is 29.5 Å². The van der Waals surface area contributed by atoms with Crippen LogP contribution in [0.25, 0.3) is 0 Å². The Morgan fingerprint density at radius 3 is 2.56 bits per heavy atom. The predicted molar refractivity (Wildman–Crippen MR) is 95.3 cm³/mol. The smallest absolute Gasteiger partial charge is 0.123 e. The summed E-state index contributed by atoms with van der Waals surface area (Å²) in [5, 5.41) is 11.0. The first kappa shape index (κ1) is 16.6. The Morgan fingerprint density at radius 2 is 1.84 bits per heavy atom. The number of fused-ring (bicyclic) bond motifs is 1. The molecule has 132 valence electrons. The maximum absolute atomic E-state index is 13.1. The molecule has 0 radical (unpaired) electrons. The van der Waals surface area contributed by atoms with E-state index in [1.807, 2.05) is 0 Å². The summed E-state index contributed by atoms with van der Waals surface area (Å²) in [6, 6.07) is 13.0. The summed E-state index contributed by atoms with van der Waals surface area (Å²) >= 11 is 0. The van der Waals surface area contributed by atoms with Crippen molar-refractivity contribution in [2.45, 2.75) is 37.8 Å². The molecule has 1 unspecified atom stereocenters. The van der Waals surface area contributed by atoms with E-state index < -0.39 is 5.60 Å². The van der Waals surface area contributed by atoms with Crippen molar-refractivity contribution in [1.29, 1.82) is 0 Å². The van der Waals surface area contributed by atoms with Gasteiger partial charge in [-0.15, -0.1) is 0 Å². The van der Waals surface area contributed by atoms with Gasteiger partial charge in [-0.1, -0.05) is 29.8 Å². The molecule has 2 aliphatic heterocycles. The molecule has 25 heavy (non-hydrogen) atoms. The van der Waals surface area contributed by atoms with E-state index in [1.165, 1.54) is 23.3 Å². The standard InChI is InChI=1S/C21H24FNO2/c1-15-2-7-20-16(12-15)13-19(14-25-20)23-10-8-21(24,9-11-23)17-3-5-18(22)6-4-17/h2-7,12,19,24H,8-11,13-14H2,1H3. The fraction of sp³-hybridized carbons (Fsp3) is 0.429. The summed E-state index contributed by atoms with van der Waals surface area (Å²) in [7, 11) is 0. The van der Waals surface area contributed by atoms with Gasteiger partial charge in [-0.3, -0.25) is 4.90 Å². The van der Waals surface area contributed by atoms with Gasteiger partial charge in [0.1, 0.15) is 18.2 Å². The first-order valence-electron chi connectivity index (χ1n) is 8.98. The van der Waals surface area contributed by atoms with Gasteiger partial charge in [-0.2, -0.15) is 0 Å². The molecule has 2 aliphatic rings. The summed E-state index contributed by atoms with van der Waals surface area (Å²) in [6.45, 7) is 4.45. The Morgan fingerprint density at radius 1 is 1.12 bits per heavy atom. The van der Waals surface area contributed by atoms with Crippen LogP contribution in [0.2, 0.25) is 0 Å². The van der Waals surface area contributed by atoms with Crippen molar-refractivity contribution in [2.24, 2.45) is 0 Å². The minimum absolute atomic E-state index is 0.266. The molecule has 2 aromatic rings. The lowest BCUT2D eigenvalue weighted by Crippen LogP contribution is -2.50. The van der Waals surface area contributed by atoms with Gasteiger partial charge in [0.2, 0.25) is 0 Å². The van der Waals surface area contributed by atoms with E-state index in [0.717, 1.165) is 30.8 Å². The molecular formula is C21H24FNO2. The number of rotatable bonds is 2. The van der Waals surface area contributed by atoms with E-state index in [4.69, 9.17) is 4.74 Å². The van der Waals surface area contributed by atoms with E-state index in [9.17, 15) is 9.50 Å². The van der Waals surface area contributed by atoms with Crippen LogP contribution in [-0.4, -0.2) is 35.7 Å². The number of nitrogens with zero attached hydrogens (tertiary/aromatic N) is 1. The van der Waals surface area contributed by atoms with Crippen LogP contribution >= 0.6 is 0 Å². The first-order chi connectivity index (χ1) is 12.0. The van der Waals surface area contributed by atoms with Gasteiger partial charge in [-0.05, 0) is 55.5 Å². The van der Waals surface area contributed by atoms with Gasteiger partial charge in [-0.25, -0.2) is 4.39 Å². The van der Waals surface area contributed by atoms with Crippen LogP contribution in [0.15, 0.2) is 42.5 Å². The molecule has 2 aromatic carbocycles. The minimum Gasteiger partial charge on any atom is -0.492 e. The summed E-state index contributed by atoms with van der Waals surface area (Å²) < 4.78 is 19.1. The Kier molecular flexibility index (Phi) is 4.26. The molecular weight excluding hydrogens is 317 g/mol. The number of halogens is 1. The van der Waals surface area contributed by atoms with Crippen LogP contribution < -0.4 is 4.74 Å². The molecule has 1 N–H and O–H groups in total. The second-order valence-electron chi connectivity index (χ2n) is 7.35. The number of likely N-dealkylation sites (tertiary alicyclic amines) is 1. The maximum Gasteiger partial charge on any atom is 0.123 e. The molecule has 2 heterocycles. The molecule has 4 heteroatoms. The van der Waals surface area contributed by atoms with Gasteiger partial charge in [0.05, 0.1) is 5.60 Å². The van der Waals surface area contributed by atoms with E-state index in [2.05, 4.69) is 30.0 Å². The SMILES string of the molecule is Cc1ccc2c(c1)CC(N1CCC(O)(c3ccc(F)cc3)CC1)CO2. The lowest BCUT2D eigenvalue weighted by molar-refractivity contribution is -0.0415. The number of aliphatic hydroxyl groups is 1. The highest BCUT2D eigenvalue weighted by Crippen LogP contribution is 2.35. The molecule has 4 rings (SSSR count). The van der Waals surface area contributed by atoms with Gasteiger partial charge < -0.3 is 9.84 Å². The lowest BCUT2D eigenvalue weighted by atomic mass is 9.83. The highest BCUT2D eigenvalue weighted by Gasteiger charge is 2.37. The largest absolute Gasteiger partial charge is 0.492 e. The number of hydrogen-bond donors (Lipinski definition) is 1. The van der Waals surface area contributed by atoms with Crippen LogP contribution in [-0.2, 0) is 12.0 Å². The zero-order valence-electron chi connectivity index (χ0n) is 14.5. The van der Waals surface area contributed by atoms with Crippen LogP contribution in [0, 0.1) is 12.7 Å². The summed E-state index contributed by atoms with van der Waals surface area (Å²) in [6.07, 6.45) is 2.32. The Bertz CT molecular complexity index is 751. The van der Waals surface area contributed by atoms with Gasteiger partial charge in [0.15, 0.2) is 0 Å². The Labute approximate surface area is 148 Å². The summed E-state index contributed by atoms with van der Waals surface area (Å²) in [5.41, 5.74) is 2.49. The Balaban J connectivity index is 1.43. The quantitative estimate of drug-likeness (QED) is 0.908. The van der Waals surface area contributed by atoms with Crippen molar-refractivity contribution in [1.82, 2.24) is 4.90 Å². The zero-order chi connectivity index (χ0) is 17.4. The lowest BCUT2D eigenvalue weighted by Gasteiger charge is -2.43. The number of piperidine rings is 1. The second kappa shape index (κ2) is 6.43. The monoisotopic (exact) mass is 341 g/mol. The third-order valence-electron chi connectivity index (χ3n) is 5.63.